The summed E-state index contributed by atoms with van der Waals surface area (Å²) in [6.45, 7) is 5.54. The molecule has 10 nitrogen and oxygen atoms in total. The summed E-state index contributed by atoms with van der Waals surface area (Å²) >= 11 is 0. The highest BCUT2D eigenvalue weighted by atomic mass is 19.4. The van der Waals surface area contributed by atoms with Crippen LogP contribution in [-0.4, -0.2) is 73.4 Å². The molecule has 2 bridgehead atoms. The summed E-state index contributed by atoms with van der Waals surface area (Å²) in [6, 6.07) is 7.02. The molecule has 4 heterocycles. The Hall–Kier alpha value is -4.77. The number of esters is 1. The standard InChI is InChI=1S/C38H38F3N3O7/c1-19-11-23-13-26-28(15-42)44-27(33(43(26)4)31(23)35(20(19)2)49-17-47-5)14-25-32(37-36(50-18-51-37)21(3)34(25)46)29(44)16-48-30(45)10-9-22-7-6-8-24(12-22)38(39,40)41/h6-12,26-29,33,46H,13-14,16-18H2,1-5H3/b10-9+/t26-,27?,28-,29-,33-/m0/s1. The van der Waals surface area contributed by atoms with Crippen LogP contribution in [0.3, 0.4) is 0 Å². The van der Waals surface area contributed by atoms with Crippen molar-refractivity contribution in [2.75, 3.05) is 34.4 Å². The van der Waals surface area contributed by atoms with E-state index < -0.39 is 29.8 Å². The van der Waals surface area contributed by atoms with E-state index in [9.17, 15) is 28.3 Å². The first-order chi connectivity index (χ1) is 24.3. The average molecular weight is 706 g/mol. The first-order valence-electron chi connectivity index (χ1n) is 16.6. The molecule has 0 radical (unpaired) electrons. The van der Waals surface area contributed by atoms with Gasteiger partial charge in [-0.25, -0.2) is 4.79 Å². The first-order valence-corrected chi connectivity index (χ1v) is 16.6. The lowest BCUT2D eigenvalue weighted by Gasteiger charge is -2.60. The number of phenols is 1. The number of nitrogens with zero attached hydrogens (tertiary/aromatic N) is 3. The largest absolute Gasteiger partial charge is 0.507 e. The molecular formula is C38H38F3N3O7. The Labute approximate surface area is 293 Å². The van der Waals surface area contributed by atoms with E-state index in [-0.39, 0.29) is 49.6 Å². The van der Waals surface area contributed by atoms with Gasteiger partial charge in [-0.1, -0.05) is 18.2 Å². The molecule has 1 unspecified atom stereocenters. The summed E-state index contributed by atoms with van der Waals surface area (Å²) in [5.41, 5.74) is 5.16. The number of carbonyl (C=O) groups excluding carboxylic acids is 1. The number of carbonyl (C=O) groups is 1. The van der Waals surface area contributed by atoms with E-state index >= 15 is 0 Å². The van der Waals surface area contributed by atoms with Gasteiger partial charge < -0.3 is 28.8 Å². The molecular weight excluding hydrogens is 667 g/mol. The summed E-state index contributed by atoms with van der Waals surface area (Å²) in [5, 5.41) is 22.5. The van der Waals surface area contributed by atoms with Crippen molar-refractivity contribution in [1.82, 2.24) is 9.80 Å². The Morgan fingerprint density at radius 2 is 1.86 bits per heavy atom. The first kappa shape index (κ1) is 34.7. The van der Waals surface area contributed by atoms with Crippen molar-refractivity contribution in [3.8, 4) is 29.1 Å². The minimum atomic E-state index is -4.53. The van der Waals surface area contributed by atoms with Crippen molar-refractivity contribution in [3.63, 3.8) is 0 Å². The van der Waals surface area contributed by atoms with E-state index in [0.29, 0.717) is 41.0 Å². The van der Waals surface area contributed by atoms with Crippen molar-refractivity contribution in [3.05, 3.63) is 86.5 Å². The number of ether oxygens (including phenoxy) is 5. The van der Waals surface area contributed by atoms with E-state index in [0.717, 1.165) is 46.2 Å². The number of methoxy groups -OCH3 is 1. The smallest absolute Gasteiger partial charge is 0.416 e. The van der Waals surface area contributed by atoms with Crippen LogP contribution in [-0.2, 0) is 33.3 Å². The van der Waals surface area contributed by atoms with Crippen molar-refractivity contribution in [2.45, 2.75) is 70.0 Å². The number of fused-ring (bicyclic) bond motifs is 9. The summed E-state index contributed by atoms with van der Waals surface area (Å²) in [6.07, 6.45) is -1.29. The van der Waals surface area contributed by atoms with E-state index in [1.54, 1.807) is 14.0 Å². The fraction of sp³-hybridized carbons (Fsp3) is 0.421. The number of piperazine rings is 1. The number of hydrogen-bond acceptors (Lipinski definition) is 10. The molecule has 1 N–H and O–H groups in total. The molecule has 4 aliphatic rings. The fourth-order valence-electron chi connectivity index (χ4n) is 8.35. The molecule has 7 rings (SSSR count). The van der Waals surface area contributed by atoms with Crippen LogP contribution < -0.4 is 14.2 Å². The van der Waals surface area contributed by atoms with Crippen LogP contribution in [0.5, 0.6) is 23.0 Å². The number of benzene rings is 3. The second kappa shape index (κ2) is 13.1. The van der Waals surface area contributed by atoms with Crippen LogP contribution in [0.2, 0.25) is 0 Å². The van der Waals surface area contributed by atoms with Gasteiger partial charge in [-0.05, 0) is 81.1 Å². The minimum Gasteiger partial charge on any atom is -0.507 e. The van der Waals surface area contributed by atoms with Crippen LogP contribution in [0.4, 0.5) is 13.2 Å². The lowest BCUT2D eigenvalue weighted by molar-refractivity contribution is -0.143. The minimum absolute atomic E-state index is 0.0416. The number of alkyl halides is 3. The summed E-state index contributed by atoms with van der Waals surface area (Å²) in [5.74, 6) is 0.795. The van der Waals surface area contributed by atoms with Gasteiger partial charge in [0.1, 0.15) is 24.1 Å². The maximum atomic E-state index is 13.3. The number of aromatic hydroxyl groups is 1. The van der Waals surface area contributed by atoms with Crippen molar-refractivity contribution in [2.24, 2.45) is 0 Å². The number of aryl methyl sites for hydroxylation is 1. The molecule has 1 saturated heterocycles. The highest BCUT2D eigenvalue weighted by molar-refractivity contribution is 5.87. The Morgan fingerprint density at radius 3 is 2.59 bits per heavy atom. The monoisotopic (exact) mass is 705 g/mol. The number of halogens is 3. The zero-order chi connectivity index (χ0) is 36.4. The zero-order valence-electron chi connectivity index (χ0n) is 28.8. The van der Waals surface area contributed by atoms with Gasteiger partial charge in [-0.15, -0.1) is 0 Å². The van der Waals surface area contributed by atoms with Crippen LogP contribution in [0, 0.1) is 32.1 Å². The number of likely N-dealkylation sites (N-methyl/N-ethyl adjacent to an activating group) is 1. The quantitative estimate of drug-likeness (QED) is 0.177. The van der Waals surface area contributed by atoms with Gasteiger partial charge in [-0.3, -0.25) is 9.80 Å². The second-order valence-electron chi connectivity index (χ2n) is 13.5. The van der Waals surface area contributed by atoms with Crippen molar-refractivity contribution in [1.29, 1.82) is 5.26 Å². The molecule has 3 aromatic carbocycles. The molecule has 0 saturated carbocycles. The van der Waals surface area contributed by atoms with E-state index in [2.05, 4.69) is 21.9 Å². The molecule has 13 heteroatoms. The maximum Gasteiger partial charge on any atom is 0.416 e. The second-order valence-corrected chi connectivity index (χ2v) is 13.5. The normalized spacial score (nSPS) is 23.7. The van der Waals surface area contributed by atoms with Gasteiger partial charge in [0, 0.05) is 47.5 Å². The predicted octanol–water partition coefficient (Wildman–Crippen LogP) is 6.08. The van der Waals surface area contributed by atoms with Gasteiger partial charge in [0.25, 0.3) is 0 Å². The predicted molar refractivity (Wildman–Crippen MR) is 178 cm³/mol. The van der Waals surface area contributed by atoms with Gasteiger partial charge in [-0.2, -0.15) is 18.4 Å². The van der Waals surface area contributed by atoms with E-state index in [1.165, 1.54) is 18.2 Å². The molecule has 0 aliphatic carbocycles. The molecule has 4 aliphatic heterocycles. The highest BCUT2D eigenvalue weighted by Gasteiger charge is 2.57. The zero-order valence-corrected chi connectivity index (χ0v) is 28.8. The third kappa shape index (κ3) is 5.75. The number of hydrogen-bond donors (Lipinski definition) is 1. The number of phenolic OH excluding ortho intramolecular Hbond substituents is 1. The van der Waals surface area contributed by atoms with Gasteiger partial charge >= 0.3 is 12.1 Å². The third-order valence-corrected chi connectivity index (χ3v) is 10.8. The Morgan fingerprint density at radius 1 is 1.10 bits per heavy atom. The molecule has 1 fully saturated rings. The van der Waals surface area contributed by atoms with Crippen LogP contribution in [0.25, 0.3) is 6.08 Å². The number of nitriles is 1. The molecule has 51 heavy (non-hydrogen) atoms. The molecule has 3 aromatic rings. The summed E-state index contributed by atoms with van der Waals surface area (Å²) < 4.78 is 69.0. The van der Waals surface area contributed by atoms with Gasteiger partial charge in [0.05, 0.1) is 23.7 Å². The molecule has 0 aromatic heterocycles. The lowest BCUT2D eigenvalue weighted by Crippen LogP contribution is -2.68. The lowest BCUT2D eigenvalue weighted by atomic mass is 9.71. The Balaban J connectivity index is 1.31. The van der Waals surface area contributed by atoms with E-state index in [1.807, 2.05) is 20.9 Å². The summed E-state index contributed by atoms with van der Waals surface area (Å²) in [7, 11) is 3.57. The fourth-order valence-corrected chi connectivity index (χ4v) is 8.35. The molecule has 5 atom stereocenters. The van der Waals surface area contributed by atoms with Crippen LogP contribution in [0.1, 0.15) is 62.2 Å². The van der Waals surface area contributed by atoms with E-state index in [4.69, 9.17) is 23.7 Å². The maximum absolute atomic E-state index is 13.3. The number of rotatable bonds is 7. The van der Waals surface area contributed by atoms with Crippen LogP contribution >= 0.6 is 0 Å². The summed E-state index contributed by atoms with van der Waals surface area (Å²) in [4.78, 5) is 17.5. The molecule has 268 valence electrons. The SMILES string of the molecule is COCOc1c(C)c(C)cc2c1[C@@H]1C3Cc4c(O)c(C)c5c(c4[C@H](COC(=O)/C=C/c4cccc(C(F)(F)F)c4)N3[C@@H](C#N)[C@H](C2)N1C)OCO5. The Kier molecular flexibility index (Phi) is 8.90. The highest BCUT2D eigenvalue weighted by Crippen LogP contribution is 2.57. The van der Waals surface area contributed by atoms with Crippen molar-refractivity contribution < 1.29 is 46.8 Å². The van der Waals surface area contributed by atoms with Crippen molar-refractivity contribution >= 4 is 12.0 Å². The van der Waals surface area contributed by atoms with Crippen LogP contribution in [0.15, 0.2) is 36.4 Å². The Bertz CT molecular complexity index is 1970. The topological polar surface area (TPSA) is 114 Å². The molecule has 0 amide bonds. The third-order valence-electron chi connectivity index (χ3n) is 10.8. The van der Waals surface area contributed by atoms with Gasteiger partial charge in [0.2, 0.25) is 6.79 Å². The average Bonchev–Trinajstić information content (AvgIpc) is 3.59. The molecule has 0 spiro atoms. The van der Waals surface area contributed by atoms with Gasteiger partial charge in [0.15, 0.2) is 18.3 Å².